The van der Waals surface area contributed by atoms with Gasteiger partial charge in [0.1, 0.15) is 0 Å². The second-order valence-corrected chi connectivity index (χ2v) is 4.40. The number of esters is 1. The van der Waals surface area contributed by atoms with Gasteiger partial charge in [-0.05, 0) is 24.3 Å². The zero-order valence-corrected chi connectivity index (χ0v) is 9.49. The molecule has 0 aliphatic heterocycles. The smallest absolute Gasteiger partial charge is 0.366 e. The number of carboxylic acids is 1. The van der Waals surface area contributed by atoms with Crippen LogP contribution in [-0.2, 0) is 14.3 Å². The number of halogens is 1. The van der Waals surface area contributed by atoms with Crippen molar-refractivity contribution in [2.24, 2.45) is 17.3 Å². The molecule has 0 saturated heterocycles. The maximum absolute atomic E-state index is 13.2. The molecule has 4 nitrogen and oxygen atoms in total. The number of carbonyl (C=O) groups is 2. The summed E-state index contributed by atoms with van der Waals surface area (Å²) in [5.74, 6) is -4.09. The lowest BCUT2D eigenvalue weighted by atomic mass is 10.1. The van der Waals surface area contributed by atoms with Crippen LogP contribution in [0, 0.1) is 17.3 Å². The number of carbonyl (C=O) groups excluding carboxylic acids is 1. The number of aliphatic carboxylic acids is 1. The zero-order chi connectivity index (χ0) is 12.5. The van der Waals surface area contributed by atoms with Crippen LogP contribution >= 0.6 is 0 Å². The van der Waals surface area contributed by atoms with Gasteiger partial charge in [0.15, 0.2) is 0 Å². The van der Waals surface area contributed by atoms with Gasteiger partial charge in [-0.25, -0.2) is 4.79 Å². The van der Waals surface area contributed by atoms with E-state index in [4.69, 9.17) is 5.11 Å². The molecule has 0 aromatic heterocycles. The first-order valence-electron chi connectivity index (χ1n) is 5.09. The molecule has 1 fully saturated rings. The molecule has 0 aromatic rings. The molecule has 5 heteroatoms. The lowest BCUT2D eigenvalue weighted by Crippen LogP contribution is -2.05. The van der Waals surface area contributed by atoms with Gasteiger partial charge in [-0.3, -0.25) is 4.79 Å². The molecule has 1 N–H and O–H groups in total. The van der Waals surface area contributed by atoms with Crippen molar-refractivity contribution in [3.63, 3.8) is 0 Å². The minimum Gasteiger partial charge on any atom is -0.481 e. The van der Waals surface area contributed by atoms with Crippen LogP contribution in [0.4, 0.5) is 4.39 Å². The minimum atomic E-state index is -1.03. The third-order valence-corrected chi connectivity index (χ3v) is 2.97. The average molecular weight is 230 g/mol. The van der Waals surface area contributed by atoms with E-state index in [1.807, 2.05) is 0 Å². The number of hydrogen-bond acceptors (Lipinski definition) is 3. The molecule has 0 heterocycles. The lowest BCUT2D eigenvalue weighted by Gasteiger charge is -1.99. The van der Waals surface area contributed by atoms with Crippen LogP contribution in [0.5, 0.6) is 0 Å². The van der Waals surface area contributed by atoms with Crippen LogP contribution in [-0.4, -0.2) is 23.7 Å². The Labute approximate surface area is 93.1 Å². The first kappa shape index (κ1) is 12.7. The van der Waals surface area contributed by atoms with Gasteiger partial charge in [-0.2, -0.15) is 4.39 Å². The fraction of sp³-hybridized carbons (Fsp3) is 0.636. The van der Waals surface area contributed by atoms with Gasteiger partial charge < -0.3 is 9.84 Å². The maximum Gasteiger partial charge on any atom is 0.366 e. The van der Waals surface area contributed by atoms with E-state index in [0.717, 1.165) is 6.08 Å². The molecular weight excluding hydrogens is 215 g/mol. The number of allylic oxidation sites excluding steroid dienone is 1. The molecule has 16 heavy (non-hydrogen) atoms. The summed E-state index contributed by atoms with van der Waals surface area (Å²) in [7, 11) is 0. The van der Waals surface area contributed by atoms with E-state index in [1.54, 1.807) is 20.8 Å². The van der Waals surface area contributed by atoms with Crippen molar-refractivity contribution in [1.82, 2.24) is 0 Å². The van der Waals surface area contributed by atoms with Gasteiger partial charge in [0, 0.05) is 0 Å². The van der Waals surface area contributed by atoms with Crippen molar-refractivity contribution in [2.75, 3.05) is 6.61 Å². The molecule has 2 atom stereocenters. The highest BCUT2D eigenvalue weighted by atomic mass is 19.1. The van der Waals surface area contributed by atoms with Crippen LogP contribution < -0.4 is 0 Å². The molecule has 1 aliphatic carbocycles. The van der Waals surface area contributed by atoms with E-state index in [1.165, 1.54) is 0 Å². The highest BCUT2D eigenvalue weighted by molar-refractivity contribution is 5.86. The van der Waals surface area contributed by atoms with E-state index in [-0.39, 0.29) is 6.61 Å². The largest absolute Gasteiger partial charge is 0.481 e. The molecule has 0 spiro atoms. The van der Waals surface area contributed by atoms with Crippen LogP contribution in [0.3, 0.4) is 0 Å². The molecule has 1 saturated carbocycles. The second-order valence-electron chi connectivity index (χ2n) is 4.40. The Bertz CT molecular complexity index is 346. The van der Waals surface area contributed by atoms with Gasteiger partial charge in [-0.15, -0.1) is 0 Å². The molecule has 0 unspecified atom stereocenters. The molecule has 1 aliphatic rings. The van der Waals surface area contributed by atoms with Crippen LogP contribution in [0.15, 0.2) is 11.9 Å². The summed E-state index contributed by atoms with van der Waals surface area (Å²) in [6.45, 7) is 5.12. The van der Waals surface area contributed by atoms with Gasteiger partial charge in [-0.1, -0.05) is 13.8 Å². The fourth-order valence-electron chi connectivity index (χ4n) is 1.89. The number of rotatable bonds is 4. The lowest BCUT2D eigenvalue weighted by molar-refractivity contribution is -0.141. The van der Waals surface area contributed by atoms with Crippen LogP contribution in [0.2, 0.25) is 0 Å². The van der Waals surface area contributed by atoms with Crippen LogP contribution in [0.25, 0.3) is 0 Å². The summed E-state index contributed by atoms with van der Waals surface area (Å²) >= 11 is 0. The van der Waals surface area contributed by atoms with Gasteiger partial charge >= 0.3 is 11.9 Å². The number of hydrogen-bond donors (Lipinski definition) is 1. The highest BCUT2D eigenvalue weighted by Crippen LogP contribution is 2.59. The molecule has 90 valence electrons. The minimum absolute atomic E-state index is 0.0938. The van der Waals surface area contributed by atoms with E-state index in [2.05, 4.69) is 4.74 Å². The summed E-state index contributed by atoms with van der Waals surface area (Å²) in [6.07, 6.45) is 1.05. The van der Waals surface area contributed by atoms with Crippen molar-refractivity contribution in [3.05, 3.63) is 11.9 Å². The van der Waals surface area contributed by atoms with E-state index in [9.17, 15) is 14.0 Å². The van der Waals surface area contributed by atoms with Crippen molar-refractivity contribution in [1.29, 1.82) is 0 Å². The predicted octanol–water partition coefficient (Wildman–Crippen LogP) is 1.76. The van der Waals surface area contributed by atoms with E-state index < -0.39 is 35.0 Å². The van der Waals surface area contributed by atoms with Crippen molar-refractivity contribution < 1.29 is 23.8 Å². The monoisotopic (exact) mass is 230 g/mol. The summed E-state index contributed by atoms with van der Waals surface area (Å²) in [5.41, 5.74) is -0.504. The Balaban J connectivity index is 2.72. The molecular formula is C11H15FO4. The molecule has 1 rings (SSSR count). The van der Waals surface area contributed by atoms with Crippen molar-refractivity contribution in [2.45, 2.75) is 20.8 Å². The standard InChI is InChI=1S/C11H15FO4/c1-4-16-10(15)7(12)5-6-8(9(13)14)11(6,2)3/h5-6,8H,4H2,1-3H3,(H,13,14)/b7-5+/t6-,8+/m1/s1. The van der Waals surface area contributed by atoms with E-state index >= 15 is 0 Å². The SMILES string of the molecule is CCOC(=O)/C(F)=C\[C@@H]1[C@@H](C(=O)O)C1(C)C. The topological polar surface area (TPSA) is 63.6 Å². The summed E-state index contributed by atoms with van der Waals surface area (Å²) < 4.78 is 17.7. The first-order valence-corrected chi connectivity index (χ1v) is 5.09. The van der Waals surface area contributed by atoms with Crippen molar-refractivity contribution in [3.8, 4) is 0 Å². The maximum atomic E-state index is 13.2. The Morgan fingerprint density at radius 1 is 1.50 bits per heavy atom. The average Bonchev–Trinajstić information content (AvgIpc) is 2.68. The van der Waals surface area contributed by atoms with Crippen LogP contribution in [0.1, 0.15) is 20.8 Å². The van der Waals surface area contributed by atoms with Gasteiger partial charge in [0.2, 0.25) is 5.83 Å². The predicted molar refractivity (Wildman–Crippen MR) is 54.2 cm³/mol. The van der Waals surface area contributed by atoms with Gasteiger partial charge in [0.05, 0.1) is 12.5 Å². The molecule has 0 aromatic carbocycles. The summed E-state index contributed by atoms with van der Waals surface area (Å²) in [6, 6.07) is 0. The molecule has 0 radical (unpaired) electrons. The zero-order valence-electron chi connectivity index (χ0n) is 9.49. The highest BCUT2D eigenvalue weighted by Gasteiger charge is 2.61. The molecule has 0 bridgehead atoms. The third kappa shape index (κ3) is 2.23. The second kappa shape index (κ2) is 4.23. The normalized spacial score (nSPS) is 27.4. The summed E-state index contributed by atoms with van der Waals surface area (Å²) in [4.78, 5) is 21.8. The first-order chi connectivity index (χ1) is 7.32. The Hall–Kier alpha value is -1.39. The number of ether oxygens (including phenoxy) is 1. The Kier molecular flexibility index (Phi) is 3.35. The Morgan fingerprint density at radius 2 is 2.06 bits per heavy atom. The number of carboxylic acid groups (broad SMARTS) is 1. The van der Waals surface area contributed by atoms with Crippen molar-refractivity contribution >= 4 is 11.9 Å². The fourth-order valence-corrected chi connectivity index (χ4v) is 1.89. The third-order valence-electron chi connectivity index (χ3n) is 2.97. The van der Waals surface area contributed by atoms with Gasteiger partial charge in [0.25, 0.3) is 0 Å². The quantitative estimate of drug-likeness (QED) is 0.590. The Morgan fingerprint density at radius 3 is 2.44 bits per heavy atom. The molecule has 0 amide bonds. The van der Waals surface area contributed by atoms with E-state index in [0.29, 0.717) is 0 Å². The summed E-state index contributed by atoms with van der Waals surface area (Å²) in [5, 5.41) is 8.85.